The number of halogens is 1. The lowest BCUT2D eigenvalue weighted by Crippen LogP contribution is -2.39. The van der Waals surface area contributed by atoms with Gasteiger partial charge in [-0.2, -0.15) is 5.06 Å². The Bertz CT molecular complexity index is 468. The Kier molecular flexibility index (Phi) is 5.45. The molecule has 0 aliphatic carbocycles. The van der Waals surface area contributed by atoms with Crippen LogP contribution in [0.25, 0.3) is 0 Å². The van der Waals surface area contributed by atoms with Crippen LogP contribution in [0.15, 0.2) is 30.3 Å². The van der Waals surface area contributed by atoms with E-state index in [2.05, 4.69) is 0 Å². The van der Waals surface area contributed by atoms with Crippen LogP contribution < -0.4 is 0 Å². The van der Waals surface area contributed by atoms with Crippen molar-refractivity contribution in [3.63, 3.8) is 0 Å². The highest BCUT2D eigenvalue weighted by molar-refractivity contribution is 6.21. The van der Waals surface area contributed by atoms with Crippen LogP contribution in [0, 0.1) is 5.92 Å². The Labute approximate surface area is 129 Å². The lowest BCUT2D eigenvalue weighted by molar-refractivity contribution is -0.143. The Morgan fingerprint density at radius 2 is 2.10 bits per heavy atom. The number of amides is 1. The first-order valence-corrected chi connectivity index (χ1v) is 7.40. The molecule has 1 aromatic carbocycles. The van der Waals surface area contributed by atoms with Gasteiger partial charge in [-0.3, -0.25) is 4.84 Å². The number of hydrogen-bond donors (Lipinski definition) is 1. The van der Waals surface area contributed by atoms with Crippen molar-refractivity contribution in [3.05, 3.63) is 35.9 Å². The minimum Gasteiger partial charge on any atom is -0.446 e. The number of alkyl halides is 1. The zero-order chi connectivity index (χ0) is 15.4. The summed E-state index contributed by atoms with van der Waals surface area (Å²) in [6.07, 6.45) is -1.37. The van der Waals surface area contributed by atoms with Gasteiger partial charge < -0.3 is 9.84 Å². The van der Waals surface area contributed by atoms with Gasteiger partial charge in [-0.1, -0.05) is 44.2 Å². The van der Waals surface area contributed by atoms with Crippen molar-refractivity contribution in [2.45, 2.75) is 31.4 Å². The van der Waals surface area contributed by atoms with Crippen molar-refractivity contribution >= 4 is 17.7 Å². The number of nitrogens with zero attached hydrogens (tertiary/aromatic N) is 1. The third-order valence-electron chi connectivity index (χ3n) is 3.48. The standard InChI is InChI=1S/C15H20ClNO4/c1-10(2)13-9-20-15(19)17(13)21-8-12(16)14(18)11-6-4-3-5-7-11/h3-7,10,12-14,18H,8-9H2,1-2H3/t12-,13+,14+/m0/s1. The Morgan fingerprint density at radius 3 is 2.71 bits per heavy atom. The Morgan fingerprint density at radius 1 is 1.43 bits per heavy atom. The van der Waals surface area contributed by atoms with Crippen molar-refractivity contribution in [1.29, 1.82) is 0 Å². The largest absolute Gasteiger partial charge is 0.446 e. The number of carbonyl (C=O) groups is 1. The lowest BCUT2D eigenvalue weighted by Gasteiger charge is -2.25. The zero-order valence-electron chi connectivity index (χ0n) is 12.1. The molecule has 1 aromatic rings. The first-order valence-electron chi connectivity index (χ1n) is 6.96. The summed E-state index contributed by atoms with van der Waals surface area (Å²) < 4.78 is 4.97. The van der Waals surface area contributed by atoms with E-state index in [0.717, 1.165) is 0 Å². The summed E-state index contributed by atoms with van der Waals surface area (Å²) >= 11 is 6.17. The number of carbonyl (C=O) groups excluding carboxylic acids is 1. The fraction of sp³-hybridized carbons (Fsp3) is 0.533. The third kappa shape index (κ3) is 3.87. The molecule has 116 valence electrons. The molecule has 1 amide bonds. The number of cyclic esters (lactones) is 1. The first-order chi connectivity index (χ1) is 10.0. The van der Waals surface area contributed by atoms with Gasteiger partial charge in [-0.25, -0.2) is 4.79 Å². The smallest absolute Gasteiger partial charge is 0.434 e. The minimum atomic E-state index is -0.857. The van der Waals surface area contributed by atoms with Crippen LogP contribution in [0.3, 0.4) is 0 Å². The molecule has 0 radical (unpaired) electrons. The van der Waals surface area contributed by atoms with Gasteiger partial charge >= 0.3 is 6.09 Å². The molecule has 1 aliphatic rings. The van der Waals surface area contributed by atoms with E-state index in [0.29, 0.717) is 12.2 Å². The first kappa shape index (κ1) is 16.1. The molecule has 2 rings (SSSR count). The van der Waals surface area contributed by atoms with Crippen LogP contribution in [-0.2, 0) is 9.57 Å². The van der Waals surface area contributed by atoms with Gasteiger partial charge in [-0.05, 0) is 11.5 Å². The van der Waals surface area contributed by atoms with Crippen molar-refractivity contribution in [2.75, 3.05) is 13.2 Å². The van der Waals surface area contributed by atoms with E-state index >= 15 is 0 Å². The lowest BCUT2D eigenvalue weighted by atomic mass is 10.1. The second-order valence-corrected chi connectivity index (χ2v) is 5.94. The average molecular weight is 314 g/mol. The molecule has 6 heteroatoms. The summed E-state index contributed by atoms with van der Waals surface area (Å²) in [6, 6.07) is 8.98. The molecule has 3 atom stereocenters. The number of rotatable bonds is 6. The van der Waals surface area contributed by atoms with E-state index in [1.807, 2.05) is 32.0 Å². The highest BCUT2D eigenvalue weighted by atomic mass is 35.5. The number of ether oxygens (including phenoxy) is 1. The Hall–Kier alpha value is -1.30. The van der Waals surface area contributed by atoms with E-state index < -0.39 is 17.6 Å². The second-order valence-electron chi connectivity index (χ2n) is 5.38. The van der Waals surface area contributed by atoms with E-state index in [1.54, 1.807) is 12.1 Å². The molecule has 0 saturated carbocycles. The van der Waals surface area contributed by atoms with E-state index in [9.17, 15) is 9.90 Å². The van der Waals surface area contributed by atoms with Crippen molar-refractivity contribution in [3.8, 4) is 0 Å². The molecule has 0 bridgehead atoms. The molecule has 1 N–H and O–H groups in total. The molecular weight excluding hydrogens is 294 g/mol. The molecule has 5 nitrogen and oxygen atoms in total. The summed E-state index contributed by atoms with van der Waals surface area (Å²) in [6.45, 7) is 4.31. The fourth-order valence-electron chi connectivity index (χ4n) is 2.14. The molecule has 21 heavy (non-hydrogen) atoms. The molecule has 0 aromatic heterocycles. The van der Waals surface area contributed by atoms with Gasteiger partial charge in [0.15, 0.2) is 0 Å². The summed E-state index contributed by atoms with van der Waals surface area (Å²) in [5.74, 6) is 0.212. The molecule has 1 heterocycles. The van der Waals surface area contributed by atoms with Crippen LogP contribution in [-0.4, -0.2) is 40.9 Å². The molecule has 1 aliphatic heterocycles. The summed E-state index contributed by atoms with van der Waals surface area (Å²) in [5, 5.41) is 10.7. The average Bonchev–Trinajstić information content (AvgIpc) is 2.86. The number of hydrogen-bond acceptors (Lipinski definition) is 4. The maximum Gasteiger partial charge on any atom is 0.434 e. The van der Waals surface area contributed by atoms with E-state index in [4.69, 9.17) is 21.2 Å². The predicted octanol–water partition coefficient (Wildman–Crippen LogP) is 2.74. The van der Waals surface area contributed by atoms with Crippen LogP contribution in [0.5, 0.6) is 0 Å². The highest BCUT2D eigenvalue weighted by Crippen LogP contribution is 2.24. The van der Waals surface area contributed by atoms with Crippen LogP contribution in [0.4, 0.5) is 4.79 Å². The quantitative estimate of drug-likeness (QED) is 0.820. The molecule has 0 unspecified atom stereocenters. The Balaban J connectivity index is 1.91. The summed E-state index contributed by atoms with van der Waals surface area (Å²) in [7, 11) is 0. The van der Waals surface area contributed by atoms with Crippen LogP contribution >= 0.6 is 11.6 Å². The monoisotopic (exact) mass is 313 g/mol. The van der Waals surface area contributed by atoms with Gasteiger partial charge in [0.05, 0.1) is 24.1 Å². The van der Waals surface area contributed by atoms with E-state index in [1.165, 1.54) is 5.06 Å². The topological polar surface area (TPSA) is 59.0 Å². The van der Waals surface area contributed by atoms with Crippen molar-refractivity contribution < 1.29 is 19.5 Å². The maximum absolute atomic E-state index is 11.6. The predicted molar refractivity (Wildman–Crippen MR) is 78.8 cm³/mol. The molecule has 1 fully saturated rings. The minimum absolute atomic E-state index is 0.0237. The number of aliphatic hydroxyl groups excluding tert-OH is 1. The highest BCUT2D eigenvalue weighted by Gasteiger charge is 2.37. The molecule has 1 saturated heterocycles. The fourth-order valence-corrected chi connectivity index (χ4v) is 2.34. The van der Waals surface area contributed by atoms with Gasteiger partial charge in [-0.15, -0.1) is 11.6 Å². The maximum atomic E-state index is 11.6. The normalized spacial score (nSPS) is 21.5. The van der Waals surface area contributed by atoms with Gasteiger partial charge in [0.25, 0.3) is 0 Å². The van der Waals surface area contributed by atoms with Crippen LogP contribution in [0.2, 0.25) is 0 Å². The zero-order valence-corrected chi connectivity index (χ0v) is 12.9. The summed E-state index contributed by atoms with van der Waals surface area (Å²) in [4.78, 5) is 17.1. The van der Waals surface area contributed by atoms with E-state index in [-0.39, 0.29) is 18.6 Å². The second kappa shape index (κ2) is 7.11. The van der Waals surface area contributed by atoms with Crippen LogP contribution in [0.1, 0.15) is 25.5 Å². The molecule has 0 spiro atoms. The van der Waals surface area contributed by atoms with Gasteiger partial charge in [0.2, 0.25) is 0 Å². The number of benzene rings is 1. The van der Waals surface area contributed by atoms with Gasteiger partial charge in [0, 0.05) is 0 Å². The SMILES string of the molecule is CC(C)[C@H]1COC(=O)N1OC[C@H](Cl)[C@H](O)c1ccccc1. The molecular formula is C15H20ClNO4. The number of hydroxylamine groups is 2. The van der Waals surface area contributed by atoms with Crippen molar-refractivity contribution in [2.24, 2.45) is 5.92 Å². The third-order valence-corrected chi connectivity index (χ3v) is 3.85. The van der Waals surface area contributed by atoms with Gasteiger partial charge in [0.1, 0.15) is 6.61 Å². The van der Waals surface area contributed by atoms with Crippen molar-refractivity contribution in [1.82, 2.24) is 5.06 Å². The number of aliphatic hydroxyl groups is 1. The summed E-state index contributed by atoms with van der Waals surface area (Å²) in [5.41, 5.74) is 0.713.